The Kier molecular flexibility index (Phi) is 5.41. The summed E-state index contributed by atoms with van der Waals surface area (Å²) < 4.78 is 1.81. The molecular weight excluding hydrogens is 269 g/mol. The van der Waals surface area contributed by atoms with Crippen molar-refractivity contribution < 1.29 is 9.90 Å². The molecule has 0 fully saturated rings. The van der Waals surface area contributed by atoms with Gasteiger partial charge < -0.3 is 5.11 Å². The van der Waals surface area contributed by atoms with Crippen molar-refractivity contribution in [1.82, 2.24) is 4.31 Å². The van der Waals surface area contributed by atoms with Gasteiger partial charge in [-0.15, -0.1) is 0 Å². The largest absolute Gasteiger partial charge is 0.481 e. The normalized spacial score (nSPS) is 10.8. The Morgan fingerprint density at radius 2 is 2.19 bits per heavy atom. The highest BCUT2D eigenvalue weighted by molar-refractivity contribution is 7.97. The van der Waals surface area contributed by atoms with Crippen LogP contribution in [-0.2, 0) is 4.79 Å². The number of halogens is 2. The number of nitrogens with zero attached hydrogens (tertiary/aromatic N) is 1. The molecule has 0 spiro atoms. The van der Waals surface area contributed by atoms with Crippen LogP contribution >= 0.6 is 35.1 Å². The molecule has 1 aromatic rings. The molecule has 3 nitrogen and oxygen atoms in total. The minimum absolute atomic E-state index is 0.0989. The second-order valence-corrected chi connectivity index (χ2v) is 5.17. The van der Waals surface area contributed by atoms with Gasteiger partial charge in [0.05, 0.1) is 16.5 Å². The molecule has 0 bridgehead atoms. The zero-order valence-electron chi connectivity index (χ0n) is 8.61. The maximum absolute atomic E-state index is 10.4. The molecule has 88 valence electrons. The van der Waals surface area contributed by atoms with E-state index in [0.717, 1.165) is 4.90 Å². The Hall–Kier alpha value is -0.420. The van der Waals surface area contributed by atoms with Crippen molar-refractivity contribution >= 4 is 41.1 Å². The molecule has 1 N–H and O–H groups in total. The van der Waals surface area contributed by atoms with Crippen molar-refractivity contribution in [2.75, 3.05) is 13.6 Å². The quantitative estimate of drug-likeness (QED) is 0.839. The molecule has 0 atom stereocenters. The number of carboxylic acids is 1. The Morgan fingerprint density at radius 1 is 1.50 bits per heavy atom. The molecular formula is C10H11Cl2NO2S. The van der Waals surface area contributed by atoms with Crippen LogP contribution in [0.3, 0.4) is 0 Å². The van der Waals surface area contributed by atoms with Crippen LogP contribution in [0.4, 0.5) is 0 Å². The van der Waals surface area contributed by atoms with E-state index < -0.39 is 5.97 Å². The highest BCUT2D eigenvalue weighted by Crippen LogP contribution is 2.33. The summed E-state index contributed by atoms with van der Waals surface area (Å²) in [5, 5.41) is 9.54. The van der Waals surface area contributed by atoms with Gasteiger partial charge in [0.1, 0.15) is 0 Å². The summed E-state index contributed by atoms with van der Waals surface area (Å²) in [7, 11) is 1.81. The topological polar surface area (TPSA) is 40.5 Å². The number of carbonyl (C=O) groups is 1. The summed E-state index contributed by atoms with van der Waals surface area (Å²) in [5.41, 5.74) is 0. The Morgan fingerprint density at radius 3 is 2.81 bits per heavy atom. The number of hydrogen-bond acceptors (Lipinski definition) is 3. The van der Waals surface area contributed by atoms with Gasteiger partial charge in [-0.2, -0.15) is 0 Å². The molecule has 1 rings (SSSR count). The van der Waals surface area contributed by atoms with E-state index in [1.54, 1.807) is 6.07 Å². The average Bonchev–Trinajstić information content (AvgIpc) is 2.22. The van der Waals surface area contributed by atoms with Gasteiger partial charge in [-0.05, 0) is 31.1 Å². The van der Waals surface area contributed by atoms with Gasteiger partial charge in [-0.3, -0.25) is 4.79 Å². The third-order valence-electron chi connectivity index (χ3n) is 1.81. The molecule has 0 aromatic heterocycles. The van der Waals surface area contributed by atoms with Crippen LogP contribution in [-0.4, -0.2) is 29.0 Å². The number of aliphatic carboxylic acids is 1. The predicted molar refractivity (Wildman–Crippen MR) is 67.2 cm³/mol. The number of rotatable bonds is 5. The Balaban J connectivity index is 2.59. The first kappa shape index (κ1) is 13.6. The van der Waals surface area contributed by atoms with E-state index in [4.69, 9.17) is 28.3 Å². The standard InChI is InChI=1S/C10H11Cl2NO2S/c1-13(6-5-9(14)15)16-8-4-2-3-7(11)10(8)12/h2-4H,5-6H2,1H3,(H,14,15). The molecule has 0 aliphatic heterocycles. The van der Waals surface area contributed by atoms with Crippen LogP contribution in [0.5, 0.6) is 0 Å². The SMILES string of the molecule is CN(CCC(=O)O)Sc1cccc(Cl)c1Cl. The number of carboxylic acid groups (broad SMARTS) is 1. The second kappa shape index (κ2) is 6.35. The van der Waals surface area contributed by atoms with Crippen molar-refractivity contribution in [2.24, 2.45) is 0 Å². The van der Waals surface area contributed by atoms with E-state index in [1.807, 2.05) is 23.5 Å². The molecule has 1 aromatic carbocycles. The summed E-state index contributed by atoms with van der Waals surface area (Å²) in [6.45, 7) is 0.447. The van der Waals surface area contributed by atoms with Gasteiger partial charge in [0, 0.05) is 11.4 Å². The fourth-order valence-electron chi connectivity index (χ4n) is 1.02. The molecule has 6 heteroatoms. The minimum atomic E-state index is -0.815. The molecule has 0 saturated heterocycles. The lowest BCUT2D eigenvalue weighted by atomic mass is 10.4. The zero-order chi connectivity index (χ0) is 12.1. The van der Waals surface area contributed by atoms with E-state index in [0.29, 0.717) is 16.6 Å². The molecule has 0 aliphatic rings. The van der Waals surface area contributed by atoms with Gasteiger partial charge in [-0.1, -0.05) is 29.3 Å². The Bertz CT molecular complexity index is 387. The third-order valence-corrected chi connectivity index (χ3v) is 3.77. The van der Waals surface area contributed by atoms with E-state index in [1.165, 1.54) is 11.9 Å². The zero-order valence-corrected chi connectivity index (χ0v) is 10.9. The molecule has 0 saturated carbocycles. The van der Waals surface area contributed by atoms with Crippen molar-refractivity contribution in [3.8, 4) is 0 Å². The first-order valence-electron chi connectivity index (χ1n) is 4.55. The van der Waals surface area contributed by atoms with Gasteiger partial charge in [0.2, 0.25) is 0 Å². The number of hydrogen-bond donors (Lipinski definition) is 1. The van der Waals surface area contributed by atoms with Crippen molar-refractivity contribution in [3.05, 3.63) is 28.2 Å². The molecule has 0 amide bonds. The van der Waals surface area contributed by atoms with E-state index in [-0.39, 0.29) is 6.42 Å². The highest BCUT2D eigenvalue weighted by Gasteiger charge is 2.09. The first-order chi connectivity index (χ1) is 7.50. The molecule has 0 heterocycles. The number of benzene rings is 1. The minimum Gasteiger partial charge on any atom is -0.481 e. The van der Waals surface area contributed by atoms with Crippen LogP contribution in [0.2, 0.25) is 10.0 Å². The van der Waals surface area contributed by atoms with Crippen molar-refractivity contribution in [2.45, 2.75) is 11.3 Å². The second-order valence-electron chi connectivity index (χ2n) is 3.14. The maximum Gasteiger partial charge on any atom is 0.304 e. The Labute approximate surface area is 108 Å². The highest BCUT2D eigenvalue weighted by atomic mass is 35.5. The smallest absolute Gasteiger partial charge is 0.304 e. The monoisotopic (exact) mass is 279 g/mol. The van der Waals surface area contributed by atoms with E-state index in [9.17, 15) is 4.79 Å². The van der Waals surface area contributed by atoms with Crippen LogP contribution in [0.25, 0.3) is 0 Å². The van der Waals surface area contributed by atoms with Crippen molar-refractivity contribution in [3.63, 3.8) is 0 Å². The molecule has 0 unspecified atom stereocenters. The summed E-state index contributed by atoms with van der Waals surface area (Å²) in [5.74, 6) is -0.815. The van der Waals surface area contributed by atoms with Crippen LogP contribution in [0.1, 0.15) is 6.42 Å². The summed E-state index contributed by atoms with van der Waals surface area (Å²) in [6, 6.07) is 5.36. The lowest BCUT2D eigenvalue weighted by Crippen LogP contribution is -2.14. The van der Waals surface area contributed by atoms with Crippen molar-refractivity contribution in [1.29, 1.82) is 0 Å². The van der Waals surface area contributed by atoms with Crippen LogP contribution in [0.15, 0.2) is 23.1 Å². The lowest BCUT2D eigenvalue weighted by Gasteiger charge is -2.15. The molecule has 16 heavy (non-hydrogen) atoms. The third kappa shape index (κ3) is 4.22. The summed E-state index contributed by atoms with van der Waals surface area (Å²) >= 11 is 13.3. The first-order valence-corrected chi connectivity index (χ1v) is 6.08. The lowest BCUT2D eigenvalue weighted by molar-refractivity contribution is -0.137. The van der Waals surface area contributed by atoms with Gasteiger partial charge >= 0.3 is 5.97 Å². The average molecular weight is 280 g/mol. The molecule has 0 radical (unpaired) electrons. The molecule has 0 aliphatic carbocycles. The summed E-state index contributed by atoms with van der Waals surface area (Å²) in [6.07, 6.45) is 0.0989. The fraction of sp³-hybridized carbons (Fsp3) is 0.300. The van der Waals surface area contributed by atoms with Gasteiger partial charge in [0.25, 0.3) is 0 Å². The van der Waals surface area contributed by atoms with Gasteiger partial charge in [-0.25, -0.2) is 4.31 Å². The van der Waals surface area contributed by atoms with Crippen LogP contribution < -0.4 is 0 Å². The predicted octanol–water partition coefficient (Wildman–Crippen LogP) is 3.41. The maximum atomic E-state index is 10.4. The van der Waals surface area contributed by atoms with E-state index in [2.05, 4.69) is 0 Å². The van der Waals surface area contributed by atoms with Gasteiger partial charge in [0.15, 0.2) is 0 Å². The summed E-state index contributed by atoms with van der Waals surface area (Å²) in [4.78, 5) is 11.2. The fourth-order valence-corrected chi connectivity index (χ4v) is 2.33. The van der Waals surface area contributed by atoms with Crippen LogP contribution in [0, 0.1) is 0 Å². The van der Waals surface area contributed by atoms with E-state index >= 15 is 0 Å².